The molecule has 0 saturated carbocycles. The number of rotatable bonds is 7. The first kappa shape index (κ1) is 21.6. The molecule has 2 N–H and O–H groups in total. The maximum absolute atomic E-state index is 13.3. The maximum Gasteiger partial charge on any atom is 0.231 e. The number of ether oxygens (including phenoxy) is 3. The van der Waals surface area contributed by atoms with E-state index < -0.39 is 0 Å². The van der Waals surface area contributed by atoms with Crippen molar-refractivity contribution >= 4 is 5.78 Å². The van der Waals surface area contributed by atoms with E-state index in [0.717, 1.165) is 35.2 Å². The number of nitrogens with zero attached hydrogens (tertiary/aromatic N) is 1. The van der Waals surface area contributed by atoms with E-state index in [1.54, 1.807) is 7.11 Å². The molecule has 0 saturated heterocycles. The average molecular weight is 429 g/mol. The van der Waals surface area contributed by atoms with Crippen LogP contribution >= 0.6 is 0 Å². The van der Waals surface area contributed by atoms with Crippen LogP contribution in [0.25, 0.3) is 0 Å². The molecule has 0 bridgehead atoms. The monoisotopic (exact) mass is 428 g/mol. The van der Waals surface area contributed by atoms with Crippen LogP contribution in [0.15, 0.2) is 24.3 Å². The van der Waals surface area contributed by atoms with Gasteiger partial charge in [0.2, 0.25) is 6.79 Å². The molecule has 2 aliphatic rings. The quantitative estimate of drug-likeness (QED) is 0.659. The van der Waals surface area contributed by atoms with Gasteiger partial charge in [-0.3, -0.25) is 4.79 Å². The topological polar surface area (TPSA) is 85.2 Å². The van der Waals surface area contributed by atoms with Crippen LogP contribution in [-0.4, -0.2) is 55.0 Å². The SMILES string of the molecule is COc1cccc(CO)c1CC(=O)CC1c2c(cc3c(c2CO)OCO3)CC[N+]1(C)C. The van der Waals surface area contributed by atoms with Gasteiger partial charge in [-0.15, -0.1) is 0 Å². The Labute approximate surface area is 182 Å². The number of carbonyl (C=O) groups is 1. The molecule has 0 amide bonds. The van der Waals surface area contributed by atoms with Crippen molar-refractivity contribution in [2.75, 3.05) is 34.5 Å². The smallest absolute Gasteiger partial charge is 0.231 e. The van der Waals surface area contributed by atoms with Gasteiger partial charge in [0.05, 0.1) is 47.4 Å². The third kappa shape index (κ3) is 3.89. The molecule has 4 rings (SSSR count). The second kappa shape index (κ2) is 8.49. The number of likely N-dealkylation sites (N-methyl/N-ethyl adjacent to an activating group) is 1. The lowest BCUT2D eigenvalue weighted by Crippen LogP contribution is -2.49. The third-order valence-electron chi connectivity index (χ3n) is 6.60. The lowest BCUT2D eigenvalue weighted by Gasteiger charge is -2.43. The van der Waals surface area contributed by atoms with Crippen molar-refractivity contribution < 1.29 is 33.7 Å². The Bertz CT molecular complexity index is 978. The number of benzene rings is 2. The van der Waals surface area contributed by atoms with Gasteiger partial charge < -0.3 is 28.9 Å². The van der Waals surface area contributed by atoms with E-state index >= 15 is 0 Å². The molecule has 7 heteroatoms. The van der Waals surface area contributed by atoms with Gasteiger partial charge in [0.15, 0.2) is 11.5 Å². The van der Waals surface area contributed by atoms with Gasteiger partial charge in [-0.25, -0.2) is 0 Å². The second-order valence-corrected chi connectivity index (χ2v) is 8.76. The van der Waals surface area contributed by atoms with E-state index in [1.165, 1.54) is 0 Å². The van der Waals surface area contributed by atoms with Crippen molar-refractivity contribution in [1.82, 2.24) is 0 Å². The number of quaternary nitrogens is 1. The molecule has 0 radical (unpaired) electrons. The number of ketones is 1. The molecule has 7 nitrogen and oxygen atoms in total. The van der Waals surface area contributed by atoms with Crippen LogP contribution in [0.2, 0.25) is 0 Å². The molecule has 0 aliphatic carbocycles. The zero-order valence-electron chi connectivity index (χ0n) is 18.3. The Kier molecular flexibility index (Phi) is 5.92. The van der Waals surface area contributed by atoms with Crippen LogP contribution in [-0.2, 0) is 30.8 Å². The zero-order chi connectivity index (χ0) is 22.2. The summed E-state index contributed by atoms with van der Waals surface area (Å²) < 4.78 is 17.3. The average Bonchev–Trinajstić information content (AvgIpc) is 3.22. The Morgan fingerprint density at radius 2 is 2.00 bits per heavy atom. The summed E-state index contributed by atoms with van der Waals surface area (Å²) in [6, 6.07) is 7.32. The Balaban J connectivity index is 1.69. The second-order valence-electron chi connectivity index (χ2n) is 8.76. The van der Waals surface area contributed by atoms with Crippen molar-refractivity contribution in [3.8, 4) is 17.2 Å². The van der Waals surface area contributed by atoms with Crippen LogP contribution in [0.5, 0.6) is 17.2 Å². The van der Waals surface area contributed by atoms with E-state index in [4.69, 9.17) is 14.2 Å². The predicted molar refractivity (Wildman–Crippen MR) is 114 cm³/mol. The molecule has 31 heavy (non-hydrogen) atoms. The highest BCUT2D eigenvalue weighted by molar-refractivity contribution is 5.83. The fourth-order valence-electron chi connectivity index (χ4n) is 4.86. The van der Waals surface area contributed by atoms with E-state index in [2.05, 4.69) is 14.1 Å². The van der Waals surface area contributed by atoms with Crippen molar-refractivity contribution in [3.63, 3.8) is 0 Å². The number of carbonyl (C=O) groups excluding carboxylic acids is 1. The van der Waals surface area contributed by atoms with Crippen LogP contribution in [0, 0.1) is 0 Å². The van der Waals surface area contributed by atoms with Crippen LogP contribution < -0.4 is 14.2 Å². The highest BCUT2D eigenvalue weighted by Crippen LogP contribution is 2.47. The number of methoxy groups -OCH3 is 1. The summed E-state index contributed by atoms with van der Waals surface area (Å²) in [5.41, 5.74) is 4.26. The lowest BCUT2D eigenvalue weighted by atomic mass is 9.83. The standard InChI is InChI=1S/C24H30NO6/c1-25(2)8-7-15-9-22-24(31-14-30-22)19(13-27)23(15)20(25)11-17(28)10-18-16(12-26)5-4-6-21(18)29-3/h4-6,9,20,26-27H,7-8,10-14H2,1-3H3/q+1. The van der Waals surface area contributed by atoms with E-state index in [9.17, 15) is 15.0 Å². The maximum atomic E-state index is 13.3. The number of hydrogen-bond donors (Lipinski definition) is 2. The summed E-state index contributed by atoms with van der Waals surface area (Å²) in [4.78, 5) is 13.3. The molecule has 2 aliphatic heterocycles. The predicted octanol–water partition coefficient (Wildman–Crippen LogP) is 2.28. The van der Waals surface area contributed by atoms with E-state index in [1.807, 2.05) is 24.3 Å². The van der Waals surface area contributed by atoms with Gasteiger partial charge in [0.25, 0.3) is 0 Å². The number of aliphatic hydroxyl groups is 2. The minimum absolute atomic E-state index is 0.0600. The first-order valence-corrected chi connectivity index (χ1v) is 10.5. The summed E-state index contributed by atoms with van der Waals surface area (Å²) in [5.74, 6) is 1.93. The molecule has 2 aromatic rings. The molecule has 0 aromatic heterocycles. The minimum atomic E-state index is -0.166. The zero-order valence-corrected chi connectivity index (χ0v) is 18.3. The Morgan fingerprint density at radius 3 is 2.71 bits per heavy atom. The fraction of sp³-hybridized carbons (Fsp3) is 0.458. The summed E-state index contributed by atoms with van der Waals surface area (Å²) >= 11 is 0. The normalized spacial score (nSPS) is 18.5. The lowest BCUT2D eigenvalue weighted by molar-refractivity contribution is -0.922. The van der Waals surface area contributed by atoms with E-state index in [-0.39, 0.29) is 38.3 Å². The van der Waals surface area contributed by atoms with Crippen LogP contribution in [0.4, 0.5) is 0 Å². The van der Waals surface area contributed by atoms with E-state index in [0.29, 0.717) is 33.7 Å². The first-order valence-electron chi connectivity index (χ1n) is 10.5. The largest absolute Gasteiger partial charge is 0.496 e. The molecule has 0 spiro atoms. The fourth-order valence-corrected chi connectivity index (χ4v) is 4.86. The highest BCUT2D eigenvalue weighted by atomic mass is 16.7. The Hall–Kier alpha value is -2.61. The van der Waals surface area contributed by atoms with Gasteiger partial charge in [0.1, 0.15) is 17.6 Å². The van der Waals surface area contributed by atoms with Crippen molar-refractivity contribution in [1.29, 1.82) is 0 Å². The molecular formula is C24H30NO6+. The molecule has 0 fully saturated rings. The number of fused-ring (bicyclic) bond motifs is 2. The molecule has 2 heterocycles. The summed E-state index contributed by atoms with van der Waals surface area (Å²) in [6.07, 6.45) is 1.35. The molecule has 166 valence electrons. The molecule has 1 unspecified atom stereocenters. The van der Waals surface area contributed by atoms with Gasteiger partial charge in [-0.05, 0) is 23.3 Å². The summed E-state index contributed by atoms with van der Waals surface area (Å²) in [6.45, 7) is 0.712. The van der Waals surface area contributed by atoms with Crippen molar-refractivity contribution in [2.24, 2.45) is 0 Å². The van der Waals surface area contributed by atoms with Gasteiger partial charge >= 0.3 is 0 Å². The molecule has 1 atom stereocenters. The van der Waals surface area contributed by atoms with Gasteiger partial charge in [-0.2, -0.15) is 0 Å². The third-order valence-corrected chi connectivity index (χ3v) is 6.60. The number of Topliss-reactive ketones (excluding diaryl/α,β-unsaturated/α-hetero) is 1. The van der Waals surface area contributed by atoms with Gasteiger partial charge in [-0.1, -0.05) is 12.1 Å². The highest BCUT2D eigenvalue weighted by Gasteiger charge is 2.41. The number of hydrogen-bond acceptors (Lipinski definition) is 6. The minimum Gasteiger partial charge on any atom is -0.496 e. The van der Waals surface area contributed by atoms with Gasteiger partial charge in [0, 0.05) is 29.5 Å². The Morgan fingerprint density at radius 1 is 1.19 bits per heavy atom. The van der Waals surface area contributed by atoms with Crippen molar-refractivity contribution in [3.05, 3.63) is 52.1 Å². The molecular weight excluding hydrogens is 398 g/mol. The number of aliphatic hydroxyl groups excluding tert-OH is 2. The van der Waals surface area contributed by atoms with Crippen LogP contribution in [0.3, 0.4) is 0 Å². The summed E-state index contributed by atoms with van der Waals surface area (Å²) in [5, 5.41) is 19.9. The molecule has 2 aromatic carbocycles. The first-order chi connectivity index (χ1) is 14.9. The summed E-state index contributed by atoms with van der Waals surface area (Å²) in [7, 11) is 5.81. The van der Waals surface area contributed by atoms with Crippen LogP contribution in [0.1, 0.15) is 40.3 Å². The van der Waals surface area contributed by atoms with Crippen molar-refractivity contribution in [2.45, 2.75) is 38.5 Å².